The third kappa shape index (κ3) is 2.15. The number of hydrogen-bond acceptors (Lipinski definition) is 3. The van der Waals surface area contributed by atoms with E-state index < -0.39 is 0 Å². The summed E-state index contributed by atoms with van der Waals surface area (Å²) in [6, 6.07) is 0. The molecule has 0 radical (unpaired) electrons. The fourth-order valence-corrected chi connectivity index (χ4v) is 2.75. The van der Waals surface area contributed by atoms with Gasteiger partial charge in [0.25, 0.3) is 0 Å². The van der Waals surface area contributed by atoms with Crippen LogP contribution in [0.25, 0.3) is 0 Å². The van der Waals surface area contributed by atoms with Gasteiger partial charge in [0.05, 0.1) is 12.7 Å². The molecular weight excluding hydrogens is 148 g/mol. The fraction of sp³-hybridized carbons (Fsp3) is 1.00. The van der Waals surface area contributed by atoms with E-state index in [1.807, 2.05) is 0 Å². The van der Waals surface area contributed by atoms with Crippen molar-refractivity contribution in [2.45, 2.75) is 36.4 Å². The third-order valence-electron chi connectivity index (χ3n) is 1.77. The highest BCUT2D eigenvalue weighted by Gasteiger charge is 2.24. The van der Waals surface area contributed by atoms with Gasteiger partial charge in [-0.25, -0.2) is 0 Å². The smallest absolute Gasteiger partial charge is 0.0562 e. The van der Waals surface area contributed by atoms with E-state index in [4.69, 9.17) is 5.11 Å². The van der Waals surface area contributed by atoms with Crippen LogP contribution in [0.3, 0.4) is 0 Å². The molecule has 0 aromatic rings. The van der Waals surface area contributed by atoms with Crippen LogP contribution < -0.4 is 0 Å². The van der Waals surface area contributed by atoms with Crippen LogP contribution in [-0.4, -0.2) is 33.4 Å². The monoisotopic (exact) mass is 162 g/mol. The summed E-state index contributed by atoms with van der Waals surface area (Å²) in [4.78, 5) is 0. The summed E-state index contributed by atoms with van der Waals surface area (Å²) in [6.45, 7) is 2.29. The number of rotatable bonds is 1. The molecule has 1 aliphatic rings. The lowest BCUT2D eigenvalue weighted by Crippen LogP contribution is -2.28. The average Bonchev–Trinajstić information content (AvgIpc) is 1.85. The zero-order valence-electron chi connectivity index (χ0n) is 6.16. The maximum atomic E-state index is 9.26. The first-order chi connectivity index (χ1) is 4.72. The topological polar surface area (TPSA) is 40.5 Å². The molecule has 60 valence electrons. The van der Waals surface area contributed by atoms with Gasteiger partial charge in [0.1, 0.15) is 0 Å². The van der Waals surface area contributed by atoms with E-state index in [0.717, 1.165) is 12.8 Å². The molecule has 3 heteroatoms. The van der Waals surface area contributed by atoms with Gasteiger partial charge in [-0.05, 0) is 12.8 Å². The van der Waals surface area contributed by atoms with Gasteiger partial charge in [-0.3, -0.25) is 0 Å². The van der Waals surface area contributed by atoms with Crippen LogP contribution in [0.15, 0.2) is 0 Å². The minimum Gasteiger partial charge on any atom is -0.395 e. The zero-order chi connectivity index (χ0) is 7.56. The van der Waals surface area contributed by atoms with Crippen LogP contribution in [0.4, 0.5) is 0 Å². The second kappa shape index (κ2) is 3.60. The Morgan fingerprint density at radius 3 is 2.70 bits per heavy atom. The number of aliphatic hydroxyl groups is 2. The van der Waals surface area contributed by atoms with Crippen LogP contribution >= 0.6 is 11.8 Å². The van der Waals surface area contributed by atoms with E-state index >= 15 is 0 Å². The molecule has 3 unspecified atom stereocenters. The summed E-state index contributed by atoms with van der Waals surface area (Å²) >= 11 is 1.78. The average molecular weight is 162 g/mol. The molecule has 0 aliphatic carbocycles. The number of aliphatic hydroxyl groups excluding tert-OH is 2. The SMILES string of the molecule is CC1CC(O)CC(CO)S1. The second-order valence-electron chi connectivity index (χ2n) is 2.88. The van der Waals surface area contributed by atoms with Gasteiger partial charge in [-0.15, -0.1) is 0 Å². The normalized spacial score (nSPS) is 41.7. The first-order valence-corrected chi connectivity index (χ1v) is 4.61. The van der Waals surface area contributed by atoms with Crippen molar-refractivity contribution in [3.63, 3.8) is 0 Å². The van der Waals surface area contributed by atoms with Gasteiger partial charge in [0, 0.05) is 10.5 Å². The lowest BCUT2D eigenvalue weighted by atomic mass is 10.1. The molecule has 0 saturated carbocycles. The maximum absolute atomic E-state index is 9.26. The van der Waals surface area contributed by atoms with Crippen molar-refractivity contribution in [3.05, 3.63) is 0 Å². The molecule has 1 fully saturated rings. The van der Waals surface area contributed by atoms with E-state index in [1.54, 1.807) is 11.8 Å². The molecule has 1 rings (SSSR count). The van der Waals surface area contributed by atoms with Crippen molar-refractivity contribution < 1.29 is 10.2 Å². The molecule has 0 amide bonds. The lowest BCUT2D eigenvalue weighted by Gasteiger charge is -2.28. The zero-order valence-corrected chi connectivity index (χ0v) is 6.97. The molecule has 10 heavy (non-hydrogen) atoms. The Hall–Kier alpha value is 0.270. The standard InChI is InChI=1S/C7H14O2S/c1-5-2-6(9)3-7(4-8)10-5/h5-9H,2-4H2,1H3. The molecule has 1 aliphatic heterocycles. The highest BCUT2D eigenvalue weighted by Crippen LogP contribution is 2.30. The Morgan fingerprint density at radius 1 is 1.50 bits per heavy atom. The Labute approximate surface area is 65.6 Å². The Morgan fingerprint density at radius 2 is 2.20 bits per heavy atom. The van der Waals surface area contributed by atoms with Gasteiger partial charge in [-0.1, -0.05) is 6.92 Å². The van der Waals surface area contributed by atoms with Gasteiger partial charge in [-0.2, -0.15) is 11.8 Å². The summed E-state index contributed by atoms with van der Waals surface area (Å²) in [6.07, 6.45) is 1.44. The molecule has 1 heterocycles. The maximum Gasteiger partial charge on any atom is 0.0562 e. The predicted octanol–water partition coefficient (Wildman–Crippen LogP) is 0.624. The van der Waals surface area contributed by atoms with Crippen molar-refractivity contribution in [2.75, 3.05) is 6.61 Å². The molecular formula is C7H14O2S. The molecule has 1 saturated heterocycles. The quantitative estimate of drug-likeness (QED) is 0.594. The van der Waals surface area contributed by atoms with E-state index in [9.17, 15) is 5.11 Å². The van der Waals surface area contributed by atoms with Crippen LogP contribution in [-0.2, 0) is 0 Å². The van der Waals surface area contributed by atoms with E-state index in [2.05, 4.69) is 6.92 Å². The van der Waals surface area contributed by atoms with Gasteiger partial charge < -0.3 is 10.2 Å². The fourth-order valence-electron chi connectivity index (χ4n) is 1.34. The Bertz CT molecular complexity index is 97.8. The minimum atomic E-state index is -0.187. The highest BCUT2D eigenvalue weighted by atomic mass is 32.2. The van der Waals surface area contributed by atoms with Gasteiger partial charge in [0.2, 0.25) is 0 Å². The number of hydrogen-bond donors (Lipinski definition) is 2. The van der Waals surface area contributed by atoms with Crippen molar-refractivity contribution in [2.24, 2.45) is 0 Å². The first-order valence-electron chi connectivity index (χ1n) is 3.66. The Balaban J connectivity index is 2.35. The minimum absolute atomic E-state index is 0.187. The molecule has 0 aromatic heterocycles. The van der Waals surface area contributed by atoms with Crippen molar-refractivity contribution >= 4 is 11.8 Å². The second-order valence-corrected chi connectivity index (χ2v) is 4.62. The Kier molecular flexibility index (Phi) is 3.01. The van der Waals surface area contributed by atoms with E-state index in [0.29, 0.717) is 5.25 Å². The summed E-state index contributed by atoms with van der Waals surface area (Å²) in [7, 11) is 0. The van der Waals surface area contributed by atoms with Crippen molar-refractivity contribution in [1.82, 2.24) is 0 Å². The van der Waals surface area contributed by atoms with Crippen LogP contribution in [0.2, 0.25) is 0 Å². The molecule has 2 N–H and O–H groups in total. The van der Waals surface area contributed by atoms with Crippen LogP contribution in [0, 0.1) is 0 Å². The molecule has 0 spiro atoms. The van der Waals surface area contributed by atoms with Gasteiger partial charge in [0.15, 0.2) is 0 Å². The molecule has 0 aromatic carbocycles. The number of thioether (sulfide) groups is 1. The lowest BCUT2D eigenvalue weighted by molar-refractivity contribution is 0.138. The van der Waals surface area contributed by atoms with Crippen LogP contribution in [0.1, 0.15) is 19.8 Å². The van der Waals surface area contributed by atoms with Crippen LogP contribution in [0.5, 0.6) is 0 Å². The molecule has 0 bridgehead atoms. The third-order valence-corrected chi connectivity index (χ3v) is 3.15. The van der Waals surface area contributed by atoms with Crippen molar-refractivity contribution in [3.8, 4) is 0 Å². The van der Waals surface area contributed by atoms with E-state index in [1.165, 1.54) is 0 Å². The van der Waals surface area contributed by atoms with Gasteiger partial charge >= 0.3 is 0 Å². The largest absolute Gasteiger partial charge is 0.395 e. The summed E-state index contributed by atoms with van der Waals surface area (Å²) in [5.74, 6) is 0. The van der Waals surface area contributed by atoms with E-state index in [-0.39, 0.29) is 18.0 Å². The molecule has 3 atom stereocenters. The summed E-state index contributed by atoms with van der Waals surface area (Å²) in [5, 5.41) is 18.8. The summed E-state index contributed by atoms with van der Waals surface area (Å²) in [5.41, 5.74) is 0. The summed E-state index contributed by atoms with van der Waals surface area (Å²) < 4.78 is 0. The predicted molar refractivity (Wildman–Crippen MR) is 43.2 cm³/mol. The van der Waals surface area contributed by atoms with Crippen molar-refractivity contribution in [1.29, 1.82) is 0 Å². The highest BCUT2D eigenvalue weighted by molar-refractivity contribution is 8.00. The first kappa shape index (κ1) is 8.37. The molecule has 2 nitrogen and oxygen atoms in total.